The second-order valence-electron chi connectivity index (χ2n) is 4.85. The van der Waals surface area contributed by atoms with E-state index in [0.717, 1.165) is 6.42 Å². The van der Waals surface area contributed by atoms with E-state index in [4.69, 9.17) is 18.9 Å². The van der Waals surface area contributed by atoms with Crippen LogP contribution in [-0.4, -0.2) is 70.4 Å². The molecule has 0 aromatic heterocycles. The minimum atomic E-state index is -0.741. The third kappa shape index (κ3) is 13.9. The molecule has 0 spiro atoms. The van der Waals surface area contributed by atoms with Crippen LogP contribution in [0.3, 0.4) is 0 Å². The molecule has 3 amide bonds. The lowest BCUT2D eigenvalue weighted by Gasteiger charge is -2.18. The van der Waals surface area contributed by atoms with Gasteiger partial charge in [-0.15, -0.1) is 0 Å². The summed E-state index contributed by atoms with van der Waals surface area (Å²) in [5.41, 5.74) is 0. The van der Waals surface area contributed by atoms with Gasteiger partial charge in [-0.05, 0) is 20.3 Å². The van der Waals surface area contributed by atoms with Crippen LogP contribution in [-0.2, 0) is 18.9 Å². The molecule has 25 heavy (non-hydrogen) atoms. The van der Waals surface area contributed by atoms with E-state index in [1.54, 1.807) is 13.8 Å². The van der Waals surface area contributed by atoms with Gasteiger partial charge in [-0.2, -0.15) is 0 Å². The molecule has 0 aliphatic heterocycles. The monoisotopic (exact) mass is 363 g/mol. The Morgan fingerprint density at radius 3 is 1.80 bits per heavy atom. The van der Waals surface area contributed by atoms with Crippen LogP contribution in [0.2, 0.25) is 0 Å². The zero-order valence-electron chi connectivity index (χ0n) is 15.1. The molecule has 0 rings (SSSR count). The number of carbonyl (C=O) groups is 3. The summed E-state index contributed by atoms with van der Waals surface area (Å²) < 4.78 is 20.0. The van der Waals surface area contributed by atoms with Crippen LogP contribution >= 0.6 is 0 Å². The summed E-state index contributed by atoms with van der Waals surface area (Å²) >= 11 is 0. The zero-order chi connectivity index (χ0) is 18.9. The third-order valence-electron chi connectivity index (χ3n) is 2.60. The lowest BCUT2D eigenvalue weighted by molar-refractivity contribution is 0.0637. The van der Waals surface area contributed by atoms with E-state index in [1.807, 2.05) is 6.92 Å². The van der Waals surface area contributed by atoms with Crippen LogP contribution in [0.25, 0.3) is 0 Å². The molecular weight excluding hydrogens is 334 g/mol. The van der Waals surface area contributed by atoms with Gasteiger partial charge in [0.2, 0.25) is 0 Å². The van der Waals surface area contributed by atoms with E-state index in [2.05, 4.69) is 16.0 Å². The second-order valence-corrected chi connectivity index (χ2v) is 4.85. The zero-order valence-corrected chi connectivity index (χ0v) is 15.1. The van der Waals surface area contributed by atoms with Crippen LogP contribution < -0.4 is 16.0 Å². The summed E-state index contributed by atoms with van der Waals surface area (Å²) in [6, 6.07) is -0.741. The van der Waals surface area contributed by atoms with Crippen LogP contribution in [0.1, 0.15) is 27.2 Å². The maximum Gasteiger partial charge on any atom is 0.407 e. The Hall–Kier alpha value is -2.23. The SMILES string of the molecule is CCCOCCOC(=O)NC(COC(=O)NCC)COC(=O)NCC. The highest BCUT2D eigenvalue weighted by Crippen LogP contribution is 1.93. The summed E-state index contributed by atoms with van der Waals surface area (Å²) in [5.74, 6) is 0. The van der Waals surface area contributed by atoms with Crippen LogP contribution in [0, 0.1) is 0 Å². The number of rotatable bonds is 12. The number of hydrogen-bond donors (Lipinski definition) is 3. The predicted molar refractivity (Wildman–Crippen MR) is 89.4 cm³/mol. The molecule has 0 bridgehead atoms. The van der Waals surface area contributed by atoms with Crippen molar-refractivity contribution in [3.8, 4) is 0 Å². The van der Waals surface area contributed by atoms with Gasteiger partial charge in [0.15, 0.2) is 0 Å². The standard InChI is InChI=1S/C15H29N3O7/c1-4-7-22-8-9-23-15(21)18-12(10-24-13(19)16-5-2)11-25-14(20)17-6-3/h12H,4-11H2,1-3H3,(H,16,19)(H,17,20)(H,18,21). The topological polar surface area (TPSA) is 124 Å². The Morgan fingerprint density at radius 2 is 1.32 bits per heavy atom. The minimum absolute atomic E-state index is 0.0902. The van der Waals surface area contributed by atoms with Crippen molar-refractivity contribution in [3.63, 3.8) is 0 Å². The molecule has 0 saturated heterocycles. The Balaban J connectivity index is 4.27. The Labute approximate surface area is 147 Å². The molecule has 146 valence electrons. The molecule has 0 unspecified atom stereocenters. The van der Waals surface area contributed by atoms with Crippen molar-refractivity contribution in [1.29, 1.82) is 0 Å². The van der Waals surface area contributed by atoms with Gasteiger partial charge in [0.1, 0.15) is 25.9 Å². The Kier molecular flexibility index (Phi) is 13.9. The van der Waals surface area contributed by atoms with Gasteiger partial charge < -0.3 is 34.9 Å². The number of alkyl carbamates (subject to hydrolysis) is 3. The molecule has 0 aromatic rings. The first kappa shape index (κ1) is 22.8. The molecule has 10 heteroatoms. The van der Waals surface area contributed by atoms with Crippen LogP contribution in [0.5, 0.6) is 0 Å². The van der Waals surface area contributed by atoms with E-state index in [-0.39, 0.29) is 26.4 Å². The molecule has 0 aliphatic rings. The van der Waals surface area contributed by atoms with Gasteiger partial charge in [-0.25, -0.2) is 14.4 Å². The van der Waals surface area contributed by atoms with Crippen molar-refractivity contribution >= 4 is 18.3 Å². The van der Waals surface area contributed by atoms with Crippen molar-refractivity contribution in [2.24, 2.45) is 0 Å². The van der Waals surface area contributed by atoms with E-state index >= 15 is 0 Å². The maximum atomic E-state index is 11.7. The molecule has 0 heterocycles. The third-order valence-corrected chi connectivity index (χ3v) is 2.60. The van der Waals surface area contributed by atoms with Crippen molar-refractivity contribution in [1.82, 2.24) is 16.0 Å². The van der Waals surface area contributed by atoms with Gasteiger partial charge >= 0.3 is 18.3 Å². The number of nitrogens with one attached hydrogen (secondary N) is 3. The molecule has 10 nitrogen and oxygen atoms in total. The fraction of sp³-hybridized carbons (Fsp3) is 0.800. The second kappa shape index (κ2) is 15.3. The smallest absolute Gasteiger partial charge is 0.407 e. The highest BCUT2D eigenvalue weighted by molar-refractivity contribution is 5.69. The lowest BCUT2D eigenvalue weighted by Crippen LogP contribution is -2.44. The minimum Gasteiger partial charge on any atom is -0.447 e. The number of ether oxygens (including phenoxy) is 4. The van der Waals surface area contributed by atoms with Crippen molar-refractivity contribution < 1.29 is 33.3 Å². The number of hydrogen-bond acceptors (Lipinski definition) is 7. The molecular formula is C15H29N3O7. The largest absolute Gasteiger partial charge is 0.447 e. The quantitative estimate of drug-likeness (QED) is 0.349. The van der Waals surface area contributed by atoms with Crippen LogP contribution in [0.4, 0.5) is 14.4 Å². The molecule has 0 aliphatic carbocycles. The van der Waals surface area contributed by atoms with Gasteiger partial charge in [-0.1, -0.05) is 6.92 Å². The number of carbonyl (C=O) groups excluding carboxylic acids is 3. The predicted octanol–water partition coefficient (Wildman–Crippen LogP) is 1.00. The summed E-state index contributed by atoms with van der Waals surface area (Å²) in [5, 5.41) is 7.38. The first-order valence-corrected chi connectivity index (χ1v) is 8.35. The van der Waals surface area contributed by atoms with E-state index in [9.17, 15) is 14.4 Å². The van der Waals surface area contributed by atoms with E-state index in [1.165, 1.54) is 0 Å². The van der Waals surface area contributed by atoms with Crippen molar-refractivity contribution in [2.45, 2.75) is 33.2 Å². The summed E-state index contributed by atoms with van der Waals surface area (Å²) in [4.78, 5) is 34.4. The Bertz CT molecular complexity index is 371. The maximum absolute atomic E-state index is 11.7. The normalized spacial score (nSPS) is 10.1. The Morgan fingerprint density at radius 1 is 0.760 bits per heavy atom. The highest BCUT2D eigenvalue weighted by atomic mass is 16.6. The summed E-state index contributed by atoms with van der Waals surface area (Å²) in [6.45, 7) is 6.90. The summed E-state index contributed by atoms with van der Waals surface area (Å²) in [6.07, 6.45) is -1.10. The van der Waals surface area contributed by atoms with Gasteiger partial charge in [-0.3, -0.25) is 0 Å². The fourth-order valence-electron chi connectivity index (χ4n) is 1.52. The molecule has 3 N–H and O–H groups in total. The summed E-state index contributed by atoms with van der Waals surface area (Å²) in [7, 11) is 0. The van der Waals surface area contributed by atoms with Crippen LogP contribution in [0.15, 0.2) is 0 Å². The molecule has 0 fully saturated rings. The van der Waals surface area contributed by atoms with Crippen molar-refractivity contribution in [3.05, 3.63) is 0 Å². The molecule has 0 atom stereocenters. The van der Waals surface area contributed by atoms with Crippen molar-refractivity contribution in [2.75, 3.05) is 46.1 Å². The van der Waals surface area contributed by atoms with Gasteiger partial charge in [0, 0.05) is 19.7 Å². The lowest BCUT2D eigenvalue weighted by atomic mass is 10.3. The highest BCUT2D eigenvalue weighted by Gasteiger charge is 2.18. The van der Waals surface area contributed by atoms with Gasteiger partial charge in [0.25, 0.3) is 0 Å². The average Bonchev–Trinajstić information content (AvgIpc) is 2.57. The van der Waals surface area contributed by atoms with Gasteiger partial charge in [0.05, 0.1) is 6.61 Å². The molecule has 0 radical (unpaired) electrons. The molecule has 0 aromatic carbocycles. The van der Waals surface area contributed by atoms with E-state index < -0.39 is 24.3 Å². The van der Waals surface area contributed by atoms with E-state index in [0.29, 0.717) is 19.7 Å². The first-order valence-electron chi connectivity index (χ1n) is 8.35. The number of amides is 3. The first-order chi connectivity index (χ1) is 12.0. The fourth-order valence-corrected chi connectivity index (χ4v) is 1.52. The average molecular weight is 363 g/mol. The molecule has 0 saturated carbocycles.